The molecule has 1 heterocycles. The molecule has 0 aromatic heterocycles. The molecule has 1 aromatic carbocycles. The summed E-state index contributed by atoms with van der Waals surface area (Å²) < 4.78 is 0. The highest BCUT2D eigenvalue weighted by Crippen LogP contribution is 2.30. The quantitative estimate of drug-likeness (QED) is 0.497. The summed E-state index contributed by atoms with van der Waals surface area (Å²) in [5.41, 5.74) is 8.90. The molecule has 2 aliphatic carbocycles. The van der Waals surface area contributed by atoms with E-state index in [-0.39, 0.29) is 23.7 Å². The first-order valence-corrected chi connectivity index (χ1v) is 12.8. The van der Waals surface area contributed by atoms with Crippen LogP contribution in [0.5, 0.6) is 0 Å². The van der Waals surface area contributed by atoms with Crippen molar-refractivity contribution >= 4 is 17.7 Å². The van der Waals surface area contributed by atoms with Crippen molar-refractivity contribution in [2.24, 2.45) is 17.6 Å². The summed E-state index contributed by atoms with van der Waals surface area (Å²) >= 11 is 0. The third-order valence-corrected chi connectivity index (χ3v) is 7.33. The summed E-state index contributed by atoms with van der Waals surface area (Å²) in [6, 6.07) is 7.91. The van der Waals surface area contributed by atoms with Gasteiger partial charge in [-0.25, -0.2) is 0 Å². The normalized spacial score (nSPS) is 21.0. The van der Waals surface area contributed by atoms with Gasteiger partial charge in [0.2, 0.25) is 17.7 Å². The Morgan fingerprint density at radius 2 is 1.86 bits per heavy atom. The number of allylic oxidation sites excluding steroid dienone is 7. The summed E-state index contributed by atoms with van der Waals surface area (Å²) in [5.74, 6) is -0.838. The van der Waals surface area contributed by atoms with E-state index in [1.165, 1.54) is 10.5 Å². The predicted octanol–water partition coefficient (Wildman–Crippen LogP) is 2.41. The lowest BCUT2D eigenvalue weighted by Crippen LogP contribution is -2.55. The van der Waals surface area contributed by atoms with Gasteiger partial charge in [-0.1, -0.05) is 66.8 Å². The van der Waals surface area contributed by atoms with E-state index in [0.717, 1.165) is 43.5 Å². The molecule has 0 bridgehead atoms. The second-order valence-electron chi connectivity index (χ2n) is 9.86. The maximum atomic E-state index is 13.8. The molecule has 4 rings (SSSR count). The number of primary amides is 1. The molecule has 3 atom stereocenters. The summed E-state index contributed by atoms with van der Waals surface area (Å²) in [5, 5.41) is 6.30. The van der Waals surface area contributed by atoms with Crippen LogP contribution in [0.25, 0.3) is 0 Å². The zero-order valence-electron chi connectivity index (χ0n) is 20.9. The number of fused-ring (bicyclic) bond motifs is 1. The minimum Gasteiger partial charge on any atom is -0.368 e. The van der Waals surface area contributed by atoms with Crippen molar-refractivity contribution < 1.29 is 14.4 Å². The van der Waals surface area contributed by atoms with E-state index >= 15 is 0 Å². The molecule has 1 saturated heterocycles. The highest BCUT2D eigenvalue weighted by molar-refractivity contribution is 5.92. The molecule has 1 fully saturated rings. The third-order valence-electron chi connectivity index (χ3n) is 7.33. The van der Waals surface area contributed by atoms with Gasteiger partial charge in [-0.3, -0.25) is 14.4 Å². The van der Waals surface area contributed by atoms with Crippen LogP contribution in [-0.2, 0) is 20.8 Å². The number of nitrogens with zero attached hydrogens (tertiary/aromatic N) is 1. The van der Waals surface area contributed by atoms with Gasteiger partial charge < -0.3 is 21.3 Å². The summed E-state index contributed by atoms with van der Waals surface area (Å²) in [4.78, 5) is 40.7. The van der Waals surface area contributed by atoms with Gasteiger partial charge in [-0.15, -0.1) is 0 Å². The van der Waals surface area contributed by atoms with Crippen molar-refractivity contribution in [3.8, 4) is 0 Å². The Kier molecular flexibility index (Phi) is 8.54. The number of rotatable bonds is 9. The minimum atomic E-state index is -0.813. The van der Waals surface area contributed by atoms with Crippen LogP contribution in [0.4, 0.5) is 0 Å². The van der Waals surface area contributed by atoms with E-state index in [2.05, 4.69) is 41.0 Å². The minimum absolute atomic E-state index is 0.108. The maximum absolute atomic E-state index is 13.8. The number of carbonyl (C=O) groups excluding carboxylic acids is 3. The van der Waals surface area contributed by atoms with Gasteiger partial charge in [-0.2, -0.15) is 0 Å². The molecule has 3 amide bonds. The van der Waals surface area contributed by atoms with E-state index in [9.17, 15) is 14.4 Å². The molecule has 7 heteroatoms. The van der Waals surface area contributed by atoms with E-state index in [4.69, 9.17) is 5.73 Å². The number of carbonyl (C=O) groups is 3. The number of amides is 3. The summed E-state index contributed by atoms with van der Waals surface area (Å²) in [6.45, 7) is 1.57. The standard InChI is InChI=1S/C29H36N4O3/c1-33(26(27(30)34)19-20-7-3-2-4-8-20)29(36)25(32-28(35)23-13-15-31-16-14-23)18-21-11-12-22-9-5-6-10-24(22)17-21/h2-9,11-12,17,23-26,31H,10,13-16,18-19H2,1H3,(H2,30,34)(H,32,35)/t24?,25-,26-/m1/s1. The Hall–Kier alpha value is -3.45. The van der Waals surface area contributed by atoms with Crippen LogP contribution in [-0.4, -0.2) is 54.8 Å². The van der Waals surface area contributed by atoms with E-state index < -0.39 is 18.0 Å². The van der Waals surface area contributed by atoms with Crippen LogP contribution >= 0.6 is 0 Å². The van der Waals surface area contributed by atoms with Gasteiger partial charge in [0.1, 0.15) is 12.1 Å². The molecule has 0 spiro atoms. The van der Waals surface area contributed by atoms with Crippen molar-refractivity contribution in [2.75, 3.05) is 20.1 Å². The van der Waals surface area contributed by atoms with Crippen LogP contribution in [0.15, 0.2) is 77.9 Å². The van der Waals surface area contributed by atoms with Crippen LogP contribution < -0.4 is 16.4 Å². The molecular formula is C29H36N4O3. The van der Waals surface area contributed by atoms with E-state index in [0.29, 0.717) is 12.8 Å². The lowest BCUT2D eigenvalue weighted by atomic mass is 9.84. The molecular weight excluding hydrogens is 452 g/mol. The number of benzene rings is 1. The monoisotopic (exact) mass is 488 g/mol. The predicted molar refractivity (Wildman–Crippen MR) is 141 cm³/mol. The zero-order chi connectivity index (χ0) is 25.5. The molecule has 1 aliphatic heterocycles. The van der Waals surface area contributed by atoms with Gasteiger partial charge in [-0.05, 0) is 49.1 Å². The van der Waals surface area contributed by atoms with Gasteiger partial charge in [0.05, 0.1) is 0 Å². The molecule has 36 heavy (non-hydrogen) atoms. The van der Waals surface area contributed by atoms with Crippen LogP contribution in [0.3, 0.4) is 0 Å². The Balaban J connectivity index is 1.53. The van der Waals surface area contributed by atoms with Gasteiger partial charge in [0.15, 0.2) is 0 Å². The number of nitrogens with one attached hydrogen (secondary N) is 2. The molecule has 0 saturated carbocycles. The van der Waals surface area contributed by atoms with Gasteiger partial charge in [0, 0.05) is 31.7 Å². The van der Waals surface area contributed by atoms with Crippen molar-refractivity contribution in [3.05, 3.63) is 83.5 Å². The molecule has 1 aromatic rings. The fourth-order valence-electron chi connectivity index (χ4n) is 5.14. The first-order valence-electron chi connectivity index (χ1n) is 12.8. The van der Waals surface area contributed by atoms with Crippen LogP contribution in [0, 0.1) is 11.8 Å². The highest BCUT2D eigenvalue weighted by Gasteiger charge is 2.33. The SMILES string of the molecule is CN(C(=O)[C@@H](CC1=CC2CC=CC=C2C=C1)NC(=O)C1CCNCC1)[C@H](Cc1ccccc1)C(N)=O. The first kappa shape index (κ1) is 25.6. The van der Waals surface area contributed by atoms with Crippen molar-refractivity contribution in [1.82, 2.24) is 15.5 Å². The average Bonchev–Trinajstić information content (AvgIpc) is 2.91. The number of hydrogen-bond donors (Lipinski definition) is 3. The number of hydrogen-bond acceptors (Lipinski definition) is 4. The summed E-state index contributed by atoms with van der Waals surface area (Å²) in [7, 11) is 1.60. The largest absolute Gasteiger partial charge is 0.368 e. The fraction of sp³-hybridized carbons (Fsp3) is 0.414. The van der Waals surface area contributed by atoms with Crippen LogP contribution in [0.2, 0.25) is 0 Å². The lowest BCUT2D eigenvalue weighted by molar-refractivity contribution is -0.141. The first-order chi connectivity index (χ1) is 17.4. The molecule has 7 nitrogen and oxygen atoms in total. The Bertz CT molecular complexity index is 1080. The average molecular weight is 489 g/mol. The topological polar surface area (TPSA) is 105 Å². The van der Waals surface area contributed by atoms with Crippen molar-refractivity contribution in [3.63, 3.8) is 0 Å². The molecule has 3 aliphatic rings. The van der Waals surface area contributed by atoms with Gasteiger partial charge in [0.25, 0.3) is 0 Å². The molecule has 0 radical (unpaired) electrons. The van der Waals surface area contributed by atoms with Crippen molar-refractivity contribution in [2.45, 2.75) is 44.2 Å². The number of likely N-dealkylation sites (N-methyl/N-ethyl adjacent to an activating group) is 1. The molecule has 4 N–H and O–H groups in total. The Labute approximate surface area is 213 Å². The maximum Gasteiger partial charge on any atom is 0.245 e. The summed E-state index contributed by atoms with van der Waals surface area (Å²) in [6.07, 6.45) is 15.7. The van der Waals surface area contributed by atoms with Gasteiger partial charge >= 0.3 is 0 Å². The fourth-order valence-corrected chi connectivity index (χ4v) is 5.14. The Morgan fingerprint density at radius 3 is 2.58 bits per heavy atom. The number of nitrogens with two attached hydrogens (primary N) is 1. The highest BCUT2D eigenvalue weighted by atomic mass is 16.2. The van der Waals surface area contributed by atoms with E-state index in [1.807, 2.05) is 36.4 Å². The second-order valence-corrected chi connectivity index (χ2v) is 9.86. The van der Waals surface area contributed by atoms with Crippen LogP contribution in [0.1, 0.15) is 31.2 Å². The Morgan fingerprint density at radius 1 is 1.11 bits per heavy atom. The third kappa shape index (κ3) is 6.40. The van der Waals surface area contributed by atoms with E-state index in [1.54, 1.807) is 7.05 Å². The zero-order valence-corrected chi connectivity index (χ0v) is 20.9. The number of piperidine rings is 1. The smallest absolute Gasteiger partial charge is 0.245 e. The van der Waals surface area contributed by atoms with Crippen molar-refractivity contribution in [1.29, 1.82) is 0 Å². The molecule has 190 valence electrons. The second kappa shape index (κ2) is 12.0. The molecule has 1 unspecified atom stereocenters. The lowest BCUT2D eigenvalue weighted by Gasteiger charge is -2.32.